The van der Waals surface area contributed by atoms with Crippen molar-refractivity contribution < 1.29 is 9.72 Å². The normalized spacial score (nSPS) is 14.9. The average molecular weight is 473 g/mol. The molecule has 0 radical (unpaired) electrons. The summed E-state index contributed by atoms with van der Waals surface area (Å²) in [5.74, 6) is -0.369. The SMILES string of the molecule is O=C(N[C@H]1CCCc2ccccc21)c1cc([N+](=O)[O-])ccc1Sc1nnnn1-c1ccccc1. The number of tetrazole rings is 1. The second-order valence-electron chi connectivity index (χ2n) is 7.87. The van der Waals surface area contributed by atoms with Gasteiger partial charge in [-0.25, -0.2) is 0 Å². The number of fused-ring (bicyclic) bond motifs is 1. The predicted octanol–water partition coefficient (Wildman–Crippen LogP) is 4.53. The van der Waals surface area contributed by atoms with Gasteiger partial charge in [0.15, 0.2) is 0 Å². The molecule has 0 fully saturated rings. The van der Waals surface area contributed by atoms with Gasteiger partial charge in [0.1, 0.15) is 0 Å². The molecule has 1 heterocycles. The number of nitrogens with zero attached hydrogens (tertiary/aromatic N) is 5. The van der Waals surface area contributed by atoms with Gasteiger partial charge in [0.2, 0.25) is 5.16 Å². The lowest BCUT2D eigenvalue weighted by Gasteiger charge is -2.26. The Morgan fingerprint density at radius 2 is 1.88 bits per heavy atom. The summed E-state index contributed by atoms with van der Waals surface area (Å²) in [6.45, 7) is 0. The molecular weight excluding hydrogens is 452 g/mol. The molecule has 1 aromatic heterocycles. The van der Waals surface area contributed by atoms with Crippen molar-refractivity contribution >= 4 is 23.4 Å². The summed E-state index contributed by atoms with van der Waals surface area (Å²) in [7, 11) is 0. The van der Waals surface area contributed by atoms with Gasteiger partial charge >= 0.3 is 0 Å². The summed E-state index contributed by atoms with van der Waals surface area (Å²) >= 11 is 1.18. The van der Waals surface area contributed by atoms with E-state index in [9.17, 15) is 14.9 Å². The van der Waals surface area contributed by atoms with Crippen LogP contribution in [0.5, 0.6) is 0 Å². The van der Waals surface area contributed by atoms with E-state index in [1.54, 1.807) is 10.7 Å². The van der Waals surface area contributed by atoms with Crippen LogP contribution in [0.3, 0.4) is 0 Å². The molecule has 1 aliphatic rings. The van der Waals surface area contributed by atoms with Crippen LogP contribution in [0.2, 0.25) is 0 Å². The van der Waals surface area contributed by atoms with Crippen LogP contribution < -0.4 is 5.32 Å². The van der Waals surface area contributed by atoms with Crippen LogP contribution in [-0.2, 0) is 6.42 Å². The minimum atomic E-state index is -0.505. The van der Waals surface area contributed by atoms with Crippen LogP contribution in [-0.4, -0.2) is 31.0 Å². The van der Waals surface area contributed by atoms with Gasteiger partial charge in [0, 0.05) is 17.0 Å². The molecule has 0 aliphatic heterocycles. The van der Waals surface area contributed by atoms with E-state index in [-0.39, 0.29) is 23.2 Å². The largest absolute Gasteiger partial charge is 0.345 e. The van der Waals surface area contributed by atoms with Crippen molar-refractivity contribution in [2.45, 2.75) is 35.4 Å². The molecule has 0 unspecified atom stereocenters. The Kier molecular flexibility index (Phi) is 6.05. The van der Waals surface area contributed by atoms with Crippen molar-refractivity contribution in [3.8, 4) is 5.69 Å². The number of carbonyl (C=O) groups is 1. The molecule has 0 spiro atoms. The number of hydrogen-bond donors (Lipinski definition) is 1. The number of carbonyl (C=O) groups excluding carboxylic acids is 1. The quantitative estimate of drug-likeness (QED) is 0.324. The number of aromatic nitrogens is 4. The van der Waals surface area contributed by atoms with E-state index in [0.29, 0.717) is 10.1 Å². The van der Waals surface area contributed by atoms with Gasteiger partial charge in [-0.15, -0.1) is 5.10 Å². The Labute approximate surface area is 199 Å². The van der Waals surface area contributed by atoms with E-state index in [1.807, 2.05) is 48.5 Å². The molecule has 34 heavy (non-hydrogen) atoms. The number of nitrogens with one attached hydrogen (secondary N) is 1. The number of non-ortho nitro benzene ring substituents is 1. The first kappa shape index (κ1) is 21.8. The molecule has 1 atom stereocenters. The summed E-state index contributed by atoms with van der Waals surface area (Å²) in [6, 6.07) is 21.5. The number of benzene rings is 3. The second kappa shape index (κ2) is 9.44. The minimum Gasteiger partial charge on any atom is -0.345 e. The maximum absolute atomic E-state index is 13.4. The first-order chi connectivity index (χ1) is 16.6. The van der Waals surface area contributed by atoms with Gasteiger partial charge in [-0.05, 0) is 70.8 Å². The molecule has 0 saturated carbocycles. The fraction of sp³-hybridized carbons (Fsp3) is 0.167. The highest BCUT2D eigenvalue weighted by Crippen LogP contribution is 2.34. The van der Waals surface area contributed by atoms with Gasteiger partial charge in [0.25, 0.3) is 11.6 Å². The van der Waals surface area contributed by atoms with Gasteiger partial charge in [-0.3, -0.25) is 14.9 Å². The van der Waals surface area contributed by atoms with E-state index in [2.05, 4.69) is 26.9 Å². The highest BCUT2D eigenvalue weighted by molar-refractivity contribution is 7.99. The number of aryl methyl sites for hydroxylation is 1. The van der Waals surface area contributed by atoms with Crippen molar-refractivity contribution in [3.05, 3.63) is 99.6 Å². The smallest absolute Gasteiger partial charge is 0.270 e. The first-order valence-electron chi connectivity index (χ1n) is 10.8. The highest BCUT2D eigenvalue weighted by Gasteiger charge is 2.25. The van der Waals surface area contributed by atoms with Crippen LogP contribution in [0.4, 0.5) is 5.69 Å². The number of para-hydroxylation sites is 1. The second-order valence-corrected chi connectivity index (χ2v) is 8.87. The maximum atomic E-state index is 13.4. The molecule has 0 bridgehead atoms. The molecule has 4 aromatic rings. The lowest BCUT2D eigenvalue weighted by Crippen LogP contribution is -2.31. The van der Waals surface area contributed by atoms with Gasteiger partial charge in [-0.2, -0.15) is 4.68 Å². The summed E-state index contributed by atoms with van der Waals surface area (Å²) in [5.41, 5.74) is 3.14. The zero-order chi connectivity index (χ0) is 23.5. The molecule has 9 nitrogen and oxygen atoms in total. The Morgan fingerprint density at radius 1 is 1.09 bits per heavy atom. The molecule has 1 aliphatic carbocycles. The van der Waals surface area contributed by atoms with Crippen molar-refractivity contribution in [1.29, 1.82) is 0 Å². The number of rotatable bonds is 6. The lowest BCUT2D eigenvalue weighted by atomic mass is 9.87. The summed E-state index contributed by atoms with van der Waals surface area (Å²) < 4.78 is 1.56. The van der Waals surface area contributed by atoms with E-state index in [0.717, 1.165) is 30.5 Å². The third kappa shape index (κ3) is 4.40. The topological polar surface area (TPSA) is 116 Å². The number of nitro groups is 1. The Morgan fingerprint density at radius 3 is 2.71 bits per heavy atom. The summed E-state index contributed by atoms with van der Waals surface area (Å²) in [4.78, 5) is 24.8. The molecule has 170 valence electrons. The molecule has 1 amide bonds. The third-order valence-electron chi connectivity index (χ3n) is 5.74. The highest BCUT2D eigenvalue weighted by atomic mass is 32.2. The molecule has 5 rings (SSSR count). The summed E-state index contributed by atoms with van der Waals surface area (Å²) in [6.07, 6.45) is 2.75. The zero-order valence-electron chi connectivity index (χ0n) is 18.0. The molecule has 1 N–H and O–H groups in total. The molecule has 3 aromatic carbocycles. The van der Waals surface area contributed by atoms with Crippen molar-refractivity contribution in [2.75, 3.05) is 0 Å². The molecule has 10 heteroatoms. The van der Waals surface area contributed by atoms with E-state index in [1.165, 1.54) is 29.5 Å². The van der Waals surface area contributed by atoms with Crippen LogP contribution in [0.15, 0.2) is 82.8 Å². The molecule has 0 saturated heterocycles. The van der Waals surface area contributed by atoms with Crippen LogP contribution >= 0.6 is 11.8 Å². The Balaban J connectivity index is 1.47. The average Bonchev–Trinajstić information content (AvgIpc) is 3.33. The monoisotopic (exact) mass is 472 g/mol. The number of hydrogen-bond acceptors (Lipinski definition) is 7. The Hall–Kier alpha value is -4.05. The maximum Gasteiger partial charge on any atom is 0.270 e. The van der Waals surface area contributed by atoms with Crippen molar-refractivity contribution in [3.63, 3.8) is 0 Å². The predicted molar refractivity (Wildman–Crippen MR) is 126 cm³/mol. The van der Waals surface area contributed by atoms with Crippen molar-refractivity contribution in [2.24, 2.45) is 0 Å². The first-order valence-corrected chi connectivity index (χ1v) is 11.6. The van der Waals surface area contributed by atoms with Gasteiger partial charge in [-0.1, -0.05) is 42.5 Å². The number of amides is 1. The zero-order valence-corrected chi connectivity index (χ0v) is 18.8. The fourth-order valence-corrected chi connectivity index (χ4v) is 5.01. The number of nitro benzene ring substituents is 1. The van der Waals surface area contributed by atoms with E-state index in [4.69, 9.17) is 0 Å². The minimum absolute atomic E-state index is 0.149. The fourth-order valence-electron chi connectivity index (χ4n) is 4.11. The third-order valence-corrected chi connectivity index (χ3v) is 6.75. The molecular formula is C24H20N6O3S. The Bertz CT molecular complexity index is 1360. The summed E-state index contributed by atoms with van der Waals surface area (Å²) in [5, 5.41) is 26.9. The van der Waals surface area contributed by atoms with Crippen LogP contribution in [0.25, 0.3) is 5.69 Å². The standard InChI is InChI=1S/C24H20N6O3S/c31-23(25-21-12-6-8-16-7-4-5-11-19(16)21)20-15-18(30(32)33)13-14-22(20)34-24-26-27-28-29(24)17-9-2-1-3-10-17/h1-5,7,9-11,13-15,21H,6,8,12H2,(H,25,31)/t21-/m0/s1. The van der Waals surface area contributed by atoms with Crippen molar-refractivity contribution in [1.82, 2.24) is 25.5 Å². The lowest BCUT2D eigenvalue weighted by molar-refractivity contribution is -0.384. The van der Waals surface area contributed by atoms with Gasteiger partial charge < -0.3 is 5.32 Å². The van der Waals surface area contributed by atoms with E-state index < -0.39 is 4.92 Å². The van der Waals surface area contributed by atoms with Crippen LogP contribution in [0.1, 0.15) is 40.4 Å². The van der Waals surface area contributed by atoms with Gasteiger partial charge in [0.05, 0.1) is 22.2 Å². The van der Waals surface area contributed by atoms with E-state index >= 15 is 0 Å². The van der Waals surface area contributed by atoms with Crippen LogP contribution in [0, 0.1) is 10.1 Å².